The Morgan fingerprint density at radius 2 is 1.10 bits per heavy atom. The van der Waals surface area contributed by atoms with Gasteiger partial charge in [0.2, 0.25) is 0 Å². The maximum atomic E-state index is 17.2. The van der Waals surface area contributed by atoms with Crippen molar-refractivity contribution in [3.05, 3.63) is 244 Å². The van der Waals surface area contributed by atoms with Crippen molar-refractivity contribution in [2.45, 2.75) is 33.9 Å². The normalized spacial score (nSPS) is 10.9. The van der Waals surface area contributed by atoms with Gasteiger partial charge in [0.05, 0.1) is 27.8 Å². The molecule has 0 unspecified atom stereocenters. The highest BCUT2D eigenvalue weighted by Gasteiger charge is 2.23. The zero-order valence-corrected chi connectivity index (χ0v) is 41.0. The van der Waals surface area contributed by atoms with Crippen molar-refractivity contribution < 1.29 is 4.48 Å². The summed E-state index contributed by atoms with van der Waals surface area (Å²) >= 11 is 1.79. The van der Waals surface area contributed by atoms with Crippen LogP contribution in [-0.2, 0) is 13.1 Å². The minimum absolute atomic E-state index is 0.383. The smallest absolute Gasteiger partial charge is 0.159 e. The number of rotatable bonds is 10. The van der Waals surface area contributed by atoms with Crippen LogP contribution in [0.3, 0.4) is 0 Å². The summed E-state index contributed by atoms with van der Waals surface area (Å²) in [6.07, 6.45) is 10.7. The number of para-hydroxylation sites is 2. The van der Waals surface area contributed by atoms with Crippen LogP contribution in [-0.4, -0.2) is 29.2 Å². The van der Waals surface area contributed by atoms with Crippen LogP contribution in [0.1, 0.15) is 31.9 Å². The number of pyridine rings is 1. The molecule has 0 radical (unpaired) electrons. The van der Waals surface area contributed by atoms with Gasteiger partial charge in [-0.15, -0.1) is 17.9 Å². The van der Waals surface area contributed by atoms with Crippen LogP contribution in [0.25, 0.3) is 92.1 Å². The van der Waals surface area contributed by atoms with Crippen LogP contribution in [0.2, 0.25) is 0 Å². The molecule has 0 bridgehead atoms. The topological polar surface area (TPSA) is 55.0 Å². The van der Waals surface area contributed by atoms with Gasteiger partial charge < -0.3 is 4.57 Å². The monoisotopic (exact) mass is 947 g/mol. The van der Waals surface area contributed by atoms with Crippen LogP contribution >= 0.6 is 11.3 Å². The van der Waals surface area contributed by atoms with Gasteiger partial charge in [-0.1, -0.05) is 158 Å². The van der Waals surface area contributed by atoms with Gasteiger partial charge in [0.15, 0.2) is 5.82 Å². The van der Waals surface area contributed by atoms with Crippen molar-refractivity contribution in [3.63, 3.8) is 0 Å². The van der Waals surface area contributed by atoms with E-state index in [0.717, 1.165) is 82.6 Å². The average molecular weight is 948 g/mol. The quantitative estimate of drug-likeness (QED) is 0.0592. The second kappa shape index (κ2) is 21.9. The first-order valence-corrected chi connectivity index (χ1v) is 24.6. The van der Waals surface area contributed by atoms with E-state index in [1.54, 1.807) is 39.2 Å². The Balaban J connectivity index is 0.000000648. The Labute approximate surface area is 417 Å². The maximum Gasteiger partial charge on any atom is 0.159 e. The highest BCUT2D eigenvalue weighted by atomic mass is 32.1. The molecule has 7 aromatic carbocycles. The lowest BCUT2D eigenvalue weighted by atomic mass is 10.1. The zero-order valence-electron chi connectivity index (χ0n) is 40.2. The van der Waals surface area contributed by atoms with Gasteiger partial charge in [0.1, 0.15) is 0 Å². The number of thiophene rings is 1. The SMILES string of the molecule is C=CC.C=CC=C.CC.FN(N(Cc1ccccc1)Cc1ccccc1)n1c2ccccc2c2cc(-c3ccnc(-c4ccc5c(c4)c4ccccc4n5-c4ccc5sc6ccncc6c5c4)n3)ccc21. The van der Waals surface area contributed by atoms with Crippen molar-refractivity contribution in [2.24, 2.45) is 0 Å². The standard InChI is InChI=1S/C53H36FN7S.C4H6.C3H6.C2H6/c54-61(58(33-35-11-3-1-4-12-35)34-36-13-5-2-6-14-36)60-49-18-10-8-16-41(49)43-29-37(19-23-50(43)60)46-25-28-56-53(57-46)38-20-22-48-42(30-38)40-15-7-9-17-47(40)59(48)39-21-24-51-44(31-39)45-32-55-27-26-52(45)62-51;1-3-4-2;1-3-2;1-2/h1-32H,33-34H2;3-4H,1-2H2;3H,1H2,2H3;1-2H3. The molecule has 5 aromatic heterocycles. The molecule has 0 fully saturated rings. The summed E-state index contributed by atoms with van der Waals surface area (Å²) in [6, 6.07) is 60.0. The van der Waals surface area contributed by atoms with E-state index in [9.17, 15) is 0 Å². The fourth-order valence-corrected chi connectivity index (χ4v) is 10.0. The first-order valence-electron chi connectivity index (χ1n) is 23.7. The molecule has 12 rings (SSSR count). The molecule has 0 spiro atoms. The molecular formula is C62H54FN7S. The van der Waals surface area contributed by atoms with Gasteiger partial charge >= 0.3 is 0 Å². The molecule has 71 heavy (non-hydrogen) atoms. The number of fused-ring (bicyclic) bond motifs is 9. The van der Waals surface area contributed by atoms with Crippen LogP contribution in [0.15, 0.2) is 232 Å². The second-order valence-corrected chi connectivity index (χ2v) is 17.6. The van der Waals surface area contributed by atoms with Crippen LogP contribution in [0.4, 0.5) is 4.48 Å². The molecule has 0 aliphatic heterocycles. The van der Waals surface area contributed by atoms with Gasteiger partial charge in [-0.25, -0.2) is 14.6 Å². The maximum absolute atomic E-state index is 17.2. The minimum atomic E-state index is 0.383. The third kappa shape index (κ3) is 9.61. The lowest BCUT2D eigenvalue weighted by Gasteiger charge is -2.30. The second-order valence-electron chi connectivity index (χ2n) is 16.5. The van der Waals surface area contributed by atoms with Gasteiger partial charge in [-0.3, -0.25) is 4.98 Å². The molecule has 9 heteroatoms. The molecule has 12 aromatic rings. The molecule has 0 N–H and O–H groups in total. The summed E-state index contributed by atoms with van der Waals surface area (Å²) < 4.78 is 23.7. The van der Waals surface area contributed by atoms with E-state index in [1.165, 1.54) is 20.2 Å². The van der Waals surface area contributed by atoms with Gasteiger partial charge in [0.25, 0.3) is 0 Å². The lowest BCUT2D eigenvalue weighted by Crippen LogP contribution is -2.43. The number of nitrogens with zero attached hydrogens (tertiary/aromatic N) is 7. The van der Waals surface area contributed by atoms with E-state index in [0.29, 0.717) is 18.9 Å². The molecule has 0 saturated carbocycles. The van der Waals surface area contributed by atoms with Gasteiger partial charge in [-0.05, 0) is 90.8 Å². The number of halogens is 1. The van der Waals surface area contributed by atoms with Crippen molar-refractivity contribution >= 4 is 75.1 Å². The predicted molar refractivity (Wildman–Crippen MR) is 300 cm³/mol. The fourth-order valence-electron chi connectivity index (χ4n) is 8.97. The number of hydrazine groups is 1. The van der Waals surface area contributed by atoms with E-state index >= 15 is 4.48 Å². The molecule has 0 aliphatic carbocycles. The van der Waals surface area contributed by atoms with Crippen molar-refractivity contribution in [1.29, 1.82) is 0 Å². The molecule has 0 saturated heterocycles. The highest BCUT2D eigenvalue weighted by Crippen LogP contribution is 2.39. The fraction of sp³-hybridized carbons (Fsp3) is 0.0806. The number of benzene rings is 7. The number of hydrogen-bond donors (Lipinski definition) is 0. The van der Waals surface area contributed by atoms with E-state index in [1.807, 2.05) is 136 Å². The lowest BCUT2D eigenvalue weighted by molar-refractivity contribution is 0.0695. The number of allylic oxidation sites excluding steroid dienone is 3. The molecule has 7 nitrogen and oxygen atoms in total. The number of aromatic nitrogens is 5. The third-order valence-electron chi connectivity index (χ3n) is 12.0. The van der Waals surface area contributed by atoms with E-state index < -0.39 is 0 Å². The minimum Gasteiger partial charge on any atom is -0.309 e. The van der Waals surface area contributed by atoms with Crippen molar-refractivity contribution in [2.75, 3.05) is 5.34 Å². The Kier molecular flexibility index (Phi) is 14.6. The molecule has 0 aliphatic rings. The van der Waals surface area contributed by atoms with Crippen molar-refractivity contribution in [3.8, 4) is 28.3 Å². The Morgan fingerprint density at radius 1 is 0.549 bits per heavy atom. The van der Waals surface area contributed by atoms with Crippen LogP contribution in [0.5, 0.6) is 0 Å². The highest BCUT2D eigenvalue weighted by molar-refractivity contribution is 7.25. The summed E-state index contributed by atoms with van der Waals surface area (Å²) in [5, 5.41) is 9.06. The summed E-state index contributed by atoms with van der Waals surface area (Å²) in [5.74, 6) is 0.634. The number of hydrogen-bond acceptors (Lipinski definition) is 6. The van der Waals surface area contributed by atoms with Crippen LogP contribution < -0.4 is 5.34 Å². The largest absolute Gasteiger partial charge is 0.309 e. The molecule has 0 atom stereocenters. The summed E-state index contributed by atoms with van der Waals surface area (Å²) in [7, 11) is 0. The molecular weight excluding hydrogens is 894 g/mol. The Hall–Kier alpha value is -8.50. The zero-order chi connectivity index (χ0) is 49.3. The van der Waals surface area contributed by atoms with Gasteiger partial charge in [0, 0.05) is 90.2 Å². The van der Waals surface area contributed by atoms with Crippen LogP contribution in [0, 0.1) is 0 Å². The Morgan fingerprint density at radius 3 is 1.79 bits per heavy atom. The first kappa shape index (κ1) is 47.6. The predicted octanol–water partition coefficient (Wildman–Crippen LogP) is 16.8. The first-order chi connectivity index (χ1) is 35.0. The van der Waals surface area contributed by atoms with E-state index in [2.05, 4.69) is 108 Å². The third-order valence-corrected chi connectivity index (χ3v) is 13.2. The summed E-state index contributed by atoms with van der Waals surface area (Å²) in [4.78, 5) is 14.4. The van der Waals surface area contributed by atoms with E-state index in [-0.39, 0.29) is 0 Å². The molecule has 0 amide bonds. The van der Waals surface area contributed by atoms with Gasteiger partial charge in [-0.2, -0.15) is 5.01 Å². The van der Waals surface area contributed by atoms with Crippen molar-refractivity contribution in [1.82, 2.24) is 29.2 Å². The Bertz CT molecular complexity index is 3750. The molecule has 350 valence electrons. The summed E-state index contributed by atoms with van der Waals surface area (Å²) in [5.41, 5.74) is 9.53. The summed E-state index contributed by atoms with van der Waals surface area (Å²) in [6.45, 7) is 16.7. The molecule has 5 heterocycles. The van der Waals surface area contributed by atoms with E-state index in [4.69, 9.17) is 9.97 Å². The average Bonchev–Trinajstić information content (AvgIpc) is 4.09.